The summed E-state index contributed by atoms with van der Waals surface area (Å²) in [7, 11) is 0. The van der Waals surface area contributed by atoms with Crippen molar-refractivity contribution in [2.24, 2.45) is 11.0 Å². The van der Waals surface area contributed by atoms with Crippen molar-refractivity contribution < 1.29 is 0 Å². The molecule has 0 saturated heterocycles. The molecule has 1 rings (SSSR count). The molecule has 0 aliphatic rings. The number of nitrogens with zero attached hydrogens (tertiary/aromatic N) is 4. The molecule has 0 fully saturated rings. The minimum Gasteiger partial charge on any atom is -0.354 e. The highest BCUT2D eigenvalue weighted by Crippen LogP contribution is 2.09. The summed E-state index contributed by atoms with van der Waals surface area (Å²) < 4.78 is 0. The lowest BCUT2D eigenvalue weighted by Gasteiger charge is -2.08. The zero-order valence-corrected chi connectivity index (χ0v) is 12.8. The first-order chi connectivity index (χ1) is 9.73. The number of hydrogen-bond acceptors (Lipinski definition) is 7. The third kappa shape index (κ3) is 5.38. The normalized spacial score (nSPS) is 11.1. The van der Waals surface area contributed by atoms with E-state index in [0.29, 0.717) is 23.8 Å². The van der Waals surface area contributed by atoms with Crippen LogP contribution in [0.15, 0.2) is 5.10 Å². The first kappa shape index (κ1) is 16.1. The number of hydrazone groups is 1. The van der Waals surface area contributed by atoms with Gasteiger partial charge in [0.05, 0.1) is 0 Å². The average molecular weight is 279 g/mol. The lowest BCUT2D eigenvalue weighted by Crippen LogP contribution is -2.11. The maximum absolute atomic E-state index is 4.26. The zero-order valence-electron chi connectivity index (χ0n) is 12.8. The van der Waals surface area contributed by atoms with Crippen molar-refractivity contribution in [3.05, 3.63) is 0 Å². The topological polar surface area (TPSA) is 87.1 Å². The van der Waals surface area contributed by atoms with Crippen molar-refractivity contribution >= 4 is 24.1 Å². The Morgan fingerprint density at radius 2 is 1.40 bits per heavy atom. The van der Waals surface area contributed by atoms with Gasteiger partial charge in [-0.25, -0.2) is 5.43 Å². The van der Waals surface area contributed by atoms with Crippen LogP contribution in [0, 0.1) is 5.92 Å². The summed E-state index contributed by atoms with van der Waals surface area (Å²) in [6.07, 6.45) is 4.05. The standard InChI is InChI=1S/C13H25N7/c1-5-10(6-2)9-16-20-13-18-11(14-7-3)17-12(19-13)15-8-4/h9-10H,5-8H2,1-4H3,(H3,14,15,17,18,19,20)/b16-9+. The first-order valence-corrected chi connectivity index (χ1v) is 7.26. The minimum absolute atomic E-state index is 0.439. The van der Waals surface area contributed by atoms with E-state index in [4.69, 9.17) is 0 Å². The van der Waals surface area contributed by atoms with Crippen molar-refractivity contribution in [2.75, 3.05) is 29.1 Å². The fourth-order valence-electron chi connectivity index (χ4n) is 1.60. The molecule has 0 bridgehead atoms. The van der Waals surface area contributed by atoms with Crippen LogP contribution >= 0.6 is 0 Å². The number of rotatable bonds is 9. The first-order valence-electron chi connectivity index (χ1n) is 7.26. The van der Waals surface area contributed by atoms with Crippen LogP contribution in [0.3, 0.4) is 0 Å². The largest absolute Gasteiger partial charge is 0.354 e. The molecule has 0 amide bonds. The number of nitrogens with one attached hydrogen (secondary N) is 3. The molecule has 0 radical (unpaired) electrons. The highest BCUT2D eigenvalue weighted by Gasteiger charge is 2.05. The Morgan fingerprint density at radius 3 is 1.85 bits per heavy atom. The summed E-state index contributed by atoms with van der Waals surface area (Å²) in [4.78, 5) is 12.8. The lowest BCUT2D eigenvalue weighted by atomic mass is 10.1. The average Bonchev–Trinajstić information content (AvgIpc) is 2.44. The van der Waals surface area contributed by atoms with Crippen LogP contribution in [0.4, 0.5) is 17.8 Å². The van der Waals surface area contributed by atoms with Crippen molar-refractivity contribution in [3.63, 3.8) is 0 Å². The summed E-state index contributed by atoms with van der Waals surface area (Å²) in [5, 5.41) is 10.4. The molecule has 1 aromatic heterocycles. The molecule has 20 heavy (non-hydrogen) atoms. The van der Waals surface area contributed by atoms with Gasteiger partial charge in [0.2, 0.25) is 17.8 Å². The van der Waals surface area contributed by atoms with Gasteiger partial charge in [-0.3, -0.25) is 0 Å². The molecular formula is C13H25N7. The van der Waals surface area contributed by atoms with Crippen molar-refractivity contribution in [1.82, 2.24) is 15.0 Å². The van der Waals surface area contributed by atoms with Crippen LogP contribution in [0.2, 0.25) is 0 Å². The predicted octanol–water partition coefficient (Wildman–Crippen LogP) is 2.57. The fourth-order valence-corrected chi connectivity index (χ4v) is 1.60. The molecular weight excluding hydrogens is 254 g/mol. The molecule has 112 valence electrons. The van der Waals surface area contributed by atoms with Gasteiger partial charge < -0.3 is 10.6 Å². The van der Waals surface area contributed by atoms with Gasteiger partial charge in [0.1, 0.15) is 0 Å². The molecule has 1 heterocycles. The Hall–Kier alpha value is -1.92. The summed E-state index contributed by atoms with van der Waals surface area (Å²) in [6.45, 7) is 9.80. The van der Waals surface area contributed by atoms with Gasteiger partial charge in [-0.05, 0) is 32.6 Å². The number of anilines is 3. The number of aromatic nitrogens is 3. The van der Waals surface area contributed by atoms with Crippen LogP contribution < -0.4 is 16.1 Å². The van der Waals surface area contributed by atoms with Crippen molar-refractivity contribution in [1.29, 1.82) is 0 Å². The quantitative estimate of drug-likeness (QED) is 0.476. The Morgan fingerprint density at radius 1 is 0.900 bits per heavy atom. The van der Waals surface area contributed by atoms with E-state index in [9.17, 15) is 0 Å². The third-order valence-electron chi connectivity index (χ3n) is 2.80. The van der Waals surface area contributed by atoms with Gasteiger partial charge in [-0.2, -0.15) is 20.1 Å². The number of hydrogen-bond donors (Lipinski definition) is 3. The minimum atomic E-state index is 0.439. The smallest absolute Gasteiger partial charge is 0.250 e. The zero-order chi connectivity index (χ0) is 14.8. The molecule has 7 nitrogen and oxygen atoms in total. The van der Waals surface area contributed by atoms with E-state index < -0.39 is 0 Å². The highest BCUT2D eigenvalue weighted by molar-refractivity contribution is 5.61. The summed E-state index contributed by atoms with van der Waals surface area (Å²) in [5.41, 5.74) is 2.87. The van der Waals surface area contributed by atoms with E-state index in [1.165, 1.54) is 0 Å². The van der Waals surface area contributed by atoms with Gasteiger partial charge in [-0.15, -0.1) is 0 Å². The Balaban J connectivity index is 2.76. The Bertz CT molecular complexity index is 391. The monoisotopic (exact) mass is 279 g/mol. The van der Waals surface area contributed by atoms with Crippen LogP contribution in [0.1, 0.15) is 40.5 Å². The van der Waals surface area contributed by atoms with Crippen molar-refractivity contribution in [2.45, 2.75) is 40.5 Å². The van der Waals surface area contributed by atoms with Crippen LogP contribution in [-0.4, -0.2) is 34.3 Å². The Labute approximate surface area is 120 Å². The van der Waals surface area contributed by atoms with Gasteiger partial charge in [-0.1, -0.05) is 13.8 Å². The summed E-state index contributed by atoms with van der Waals surface area (Å²) in [6, 6.07) is 0. The van der Waals surface area contributed by atoms with Gasteiger partial charge in [0.15, 0.2) is 0 Å². The molecule has 0 spiro atoms. The van der Waals surface area contributed by atoms with E-state index in [1.54, 1.807) is 0 Å². The Kier molecular flexibility index (Phi) is 7.31. The summed E-state index contributed by atoms with van der Waals surface area (Å²) in [5.74, 6) is 2.00. The molecule has 0 aliphatic carbocycles. The van der Waals surface area contributed by atoms with Gasteiger partial charge >= 0.3 is 0 Å². The van der Waals surface area contributed by atoms with Crippen LogP contribution in [0.25, 0.3) is 0 Å². The maximum Gasteiger partial charge on any atom is 0.250 e. The van der Waals surface area contributed by atoms with Crippen molar-refractivity contribution in [3.8, 4) is 0 Å². The molecule has 0 saturated carbocycles. The predicted molar refractivity (Wildman–Crippen MR) is 84.3 cm³/mol. The van der Waals surface area contributed by atoms with E-state index in [-0.39, 0.29) is 0 Å². The lowest BCUT2D eigenvalue weighted by molar-refractivity contribution is 0.654. The third-order valence-corrected chi connectivity index (χ3v) is 2.80. The maximum atomic E-state index is 4.26. The second-order valence-corrected chi connectivity index (χ2v) is 4.33. The molecule has 3 N–H and O–H groups in total. The van der Waals surface area contributed by atoms with E-state index in [0.717, 1.165) is 25.9 Å². The van der Waals surface area contributed by atoms with Crippen LogP contribution in [0.5, 0.6) is 0 Å². The highest BCUT2D eigenvalue weighted by atomic mass is 15.4. The van der Waals surface area contributed by atoms with E-state index in [2.05, 4.69) is 50.0 Å². The molecule has 0 aromatic carbocycles. The second kappa shape index (κ2) is 9.06. The van der Waals surface area contributed by atoms with Gasteiger partial charge in [0.25, 0.3) is 0 Å². The van der Waals surface area contributed by atoms with Crippen LogP contribution in [-0.2, 0) is 0 Å². The van der Waals surface area contributed by atoms with Gasteiger partial charge in [0, 0.05) is 19.3 Å². The van der Waals surface area contributed by atoms with E-state index >= 15 is 0 Å². The summed E-state index contributed by atoms with van der Waals surface area (Å²) >= 11 is 0. The second-order valence-electron chi connectivity index (χ2n) is 4.33. The molecule has 0 atom stereocenters. The fraction of sp³-hybridized carbons (Fsp3) is 0.692. The molecule has 1 aromatic rings. The SMILES string of the molecule is CCNc1nc(NCC)nc(N/N=C/C(CC)CC)n1. The van der Waals surface area contributed by atoms with E-state index in [1.807, 2.05) is 20.1 Å². The molecule has 0 aliphatic heterocycles. The molecule has 0 unspecified atom stereocenters. The molecule has 7 heteroatoms.